The normalized spacial score (nSPS) is 48.2. The van der Waals surface area contributed by atoms with Crippen molar-refractivity contribution in [3.05, 3.63) is 35.5 Å². The molecule has 0 aromatic carbocycles. The monoisotopic (exact) mass is 344 g/mol. The average Bonchev–Trinajstić information content (AvgIpc) is 2.83. The summed E-state index contributed by atoms with van der Waals surface area (Å²) in [7, 11) is 0. The third-order valence-electron chi connectivity index (χ3n) is 7.67. The maximum atomic E-state index is 15.0. The molecule has 0 aliphatic heterocycles. The molecular weight excluding hydrogens is 319 g/mol. The maximum Gasteiger partial charge on any atom is 0.178 e. The average molecular weight is 344 g/mol. The fourth-order valence-electron chi connectivity index (χ4n) is 6.12. The second kappa shape index (κ2) is 5.00. The van der Waals surface area contributed by atoms with Gasteiger partial charge < -0.3 is 5.11 Å². The molecule has 25 heavy (non-hydrogen) atoms. The number of aliphatic hydroxyl groups is 1. The first kappa shape index (κ1) is 16.9. The van der Waals surface area contributed by atoms with Crippen LogP contribution in [0.5, 0.6) is 0 Å². The number of fused-ring (bicyclic) bond motifs is 5. The van der Waals surface area contributed by atoms with Crippen LogP contribution in [-0.2, 0) is 9.59 Å². The van der Waals surface area contributed by atoms with Crippen molar-refractivity contribution < 1.29 is 19.1 Å². The smallest absolute Gasteiger partial charge is 0.178 e. The van der Waals surface area contributed by atoms with Gasteiger partial charge in [-0.2, -0.15) is 0 Å². The van der Waals surface area contributed by atoms with E-state index in [1.165, 1.54) is 19.1 Å². The highest BCUT2D eigenvalue weighted by atomic mass is 19.1. The topological polar surface area (TPSA) is 54.4 Å². The summed E-state index contributed by atoms with van der Waals surface area (Å²) < 4.78 is 15.0. The van der Waals surface area contributed by atoms with E-state index in [1.807, 2.05) is 19.9 Å². The Morgan fingerprint density at radius 1 is 1.32 bits per heavy atom. The van der Waals surface area contributed by atoms with Gasteiger partial charge in [-0.25, -0.2) is 4.39 Å². The number of carbonyl (C=O) groups excluding carboxylic acids is 2. The van der Waals surface area contributed by atoms with E-state index in [4.69, 9.17) is 0 Å². The minimum Gasteiger partial charge on any atom is -0.381 e. The highest BCUT2D eigenvalue weighted by molar-refractivity contribution is 6.01. The van der Waals surface area contributed by atoms with Crippen molar-refractivity contribution >= 4 is 11.6 Å². The number of ketones is 2. The van der Waals surface area contributed by atoms with Gasteiger partial charge in [0.1, 0.15) is 11.8 Å². The summed E-state index contributed by atoms with van der Waals surface area (Å²) in [6.45, 7) is 5.44. The molecule has 0 aromatic rings. The first-order chi connectivity index (χ1) is 11.6. The molecule has 1 N–H and O–H groups in total. The van der Waals surface area contributed by atoms with Crippen molar-refractivity contribution in [1.82, 2.24) is 0 Å². The van der Waals surface area contributed by atoms with Crippen molar-refractivity contribution in [2.75, 3.05) is 0 Å². The lowest BCUT2D eigenvalue weighted by molar-refractivity contribution is -0.150. The van der Waals surface area contributed by atoms with E-state index in [0.29, 0.717) is 24.8 Å². The Labute approximate surface area is 147 Å². The van der Waals surface area contributed by atoms with Crippen molar-refractivity contribution in [3.63, 3.8) is 0 Å². The standard InChI is InChI=1S/C21H25FO3/c1-12(23)21(25)9-6-16-14-11-18(22)17-10-13(24)4-7-19(17,2)15(14)5-8-20(16,21)3/h4-5,7,10,14,16,18,25H,6,8-9,11H2,1-3H3/t14-,16+,18+,19-,20+,21+/m1/s1. The molecule has 0 aromatic heterocycles. The van der Waals surface area contributed by atoms with E-state index >= 15 is 4.39 Å². The van der Waals surface area contributed by atoms with Gasteiger partial charge in [0.25, 0.3) is 0 Å². The Hall–Kier alpha value is -1.55. The molecule has 3 nitrogen and oxygen atoms in total. The van der Waals surface area contributed by atoms with Crippen LogP contribution in [0.4, 0.5) is 4.39 Å². The number of halogens is 1. The maximum absolute atomic E-state index is 15.0. The molecule has 6 atom stereocenters. The molecule has 0 heterocycles. The molecule has 4 heteroatoms. The minimum atomic E-state index is -1.32. The predicted molar refractivity (Wildman–Crippen MR) is 92.5 cm³/mol. The summed E-state index contributed by atoms with van der Waals surface area (Å²) in [4.78, 5) is 23.9. The molecule has 134 valence electrons. The van der Waals surface area contributed by atoms with E-state index in [2.05, 4.69) is 6.08 Å². The molecule has 4 rings (SSSR count). The molecular formula is C21H25FO3. The fourth-order valence-corrected chi connectivity index (χ4v) is 6.12. The number of alkyl halides is 1. The van der Waals surface area contributed by atoms with E-state index < -0.39 is 22.6 Å². The van der Waals surface area contributed by atoms with Crippen LogP contribution < -0.4 is 0 Å². The number of Topliss-reactive ketones (excluding diaryl/α,β-unsaturated/α-hetero) is 1. The second-order valence-corrected chi connectivity index (χ2v) is 8.69. The lowest BCUT2D eigenvalue weighted by atomic mass is 9.51. The molecule has 0 unspecified atom stereocenters. The van der Waals surface area contributed by atoms with Crippen LogP contribution in [0.1, 0.15) is 46.5 Å². The number of carbonyl (C=O) groups is 2. The fraction of sp³-hybridized carbons (Fsp3) is 0.619. The first-order valence-corrected chi connectivity index (χ1v) is 9.17. The van der Waals surface area contributed by atoms with E-state index in [1.54, 1.807) is 0 Å². The van der Waals surface area contributed by atoms with E-state index in [0.717, 1.165) is 12.0 Å². The van der Waals surface area contributed by atoms with Crippen LogP contribution >= 0.6 is 0 Å². The Bertz CT molecular complexity index is 763. The van der Waals surface area contributed by atoms with Gasteiger partial charge in [-0.15, -0.1) is 0 Å². The minimum absolute atomic E-state index is 0.00197. The van der Waals surface area contributed by atoms with Gasteiger partial charge in [-0.1, -0.05) is 24.6 Å². The van der Waals surface area contributed by atoms with Crippen LogP contribution in [0.15, 0.2) is 35.5 Å². The lowest BCUT2D eigenvalue weighted by Gasteiger charge is -2.54. The molecule has 0 amide bonds. The highest BCUT2D eigenvalue weighted by Crippen LogP contribution is 2.65. The van der Waals surface area contributed by atoms with Gasteiger partial charge in [-0.3, -0.25) is 9.59 Å². The van der Waals surface area contributed by atoms with Gasteiger partial charge in [0, 0.05) is 10.8 Å². The summed E-state index contributed by atoms with van der Waals surface area (Å²) in [5, 5.41) is 11.1. The molecule has 2 fully saturated rings. The summed E-state index contributed by atoms with van der Waals surface area (Å²) in [5.74, 6) is -0.246. The molecule has 4 aliphatic carbocycles. The molecule has 4 aliphatic rings. The third kappa shape index (κ3) is 1.95. The van der Waals surface area contributed by atoms with Crippen molar-refractivity contribution in [2.24, 2.45) is 22.7 Å². The number of allylic oxidation sites excluding steroid dienone is 6. The van der Waals surface area contributed by atoms with Gasteiger partial charge in [0.15, 0.2) is 11.6 Å². The zero-order valence-corrected chi connectivity index (χ0v) is 15.0. The van der Waals surface area contributed by atoms with Crippen LogP contribution in [-0.4, -0.2) is 28.4 Å². The van der Waals surface area contributed by atoms with Gasteiger partial charge >= 0.3 is 0 Å². The van der Waals surface area contributed by atoms with Crippen LogP contribution in [0, 0.1) is 22.7 Å². The lowest BCUT2D eigenvalue weighted by Crippen LogP contribution is -2.54. The van der Waals surface area contributed by atoms with Crippen LogP contribution in [0.3, 0.4) is 0 Å². The van der Waals surface area contributed by atoms with Gasteiger partial charge in [0.2, 0.25) is 0 Å². The molecule has 0 saturated heterocycles. The largest absolute Gasteiger partial charge is 0.381 e. The number of hydrogen-bond donors (Lipinski definition) is 1. The predicted octanol–water partition coefficient (Wildman–Crippen LogP) is 3.48. The van der Waals surface area contributed by atoms with E-state index in [9.17, 15) is 14.7 Å². The van der Waals surface area contributed by atoms with Gasteiger partial charge in [0.05, 0.1) is 0 Å². The Balaban J connectivity index is 1.82. The number of rotatable bonds is 1. The van der Waals surface area contributed by atoms with Crippen LogP contribution in [0.25, 0.3) is 0 Å². The Morgan fingerprint density at radius 2 is 2.04 bits per heavy atom. The van der Waals surface area contributed by atoms with Crippen molar-refractivity contribution in [2.45, 2.75) is 58.2 Å². The van der Waals surface area contributed by atoms with Gasteiger partial charge in [-0.05, 0) is 69.1 Å². The summed E-state index contributed by atoms with van der Waals surface area (Å²) >= 11 is 0. The molecule has 0 bridgehead atoms. The SMILES string of the molecule is CC(=O)[C@@]1(O)CC[C@H]2[C@@H]3C[C@H](F)C4=CC(=O)C=C[C@]4(C)C3=CC[C@@]21C. The zero-order valence-electron chi connectivity index (χ0n) is 15.0. The molecule has 2 saturated carbocycles. The van der Waals surface area contributed by atoms with E-state index in [-0.39, 0.29) is 23.4 Å². The Kier molecular flexibility index (Phi) is 3.38. The van der Waals surface area contributed by atoms with Crippen molar-refractivity contribution in [1.29, 1.82) is 0 Å². The quantitative estimate of drug-likeness (QED) is 0.741. The second-order valence-electron chi connectivity index (χ2n) is 8.69. The van der Waals surface area contributed by atoms with Crippen molar-refractivity contribution in [3.8, 4) is 0 Å². The zero-order chi connectivity index (χ0) is 18.2. The third-order valence-corrected chi connectivity index (χ3v) is 7.67. The molecule has 0 spiro atoms. The summed E-state index contributed by atoms with van der Waals surface area (Å²) in [5.41, 5.74) is -0.703. The highest BCUT2D eigenvalue weighted by Gasteiger charge is 2.64. The number of hydrogen-bond acceptors (Lipinski definition) is 3. The summed E-state index contributed by atoms with van der Waals surface area (Å²) in [6.07, 6.45) is 7.91. The van der Waals surface area contributed by atoms with Crippen LogP contribution in [0.2, 0.25) is 0 Å². The molecule has 0 radical (unpaired) electrons. The summed E-state index contributed by atoms with van der Waals surface area (Å²) in [6, 6.07) is 0. The first-order valence-electron chi connectivity index (χ1n) is 9.17. The Morgan fingerprint density at radius 3 is 2.72 bits per heavy atom.